The van der Waals surface area contributed by atoms with Gasteiger partial charge in [-0.05, 0) is 47.0 Å². The molecule has 1 heterocycles. The highest BCUT2D eigenvalue weighted by atomic mass is 35.5. The van der Waals surface area contributed by atoms with E-state index in [0.29, 0.717) is 28.7 Å². The molecule has 0 radical (unpaired) electrons. The maximum atomic E-state index is 13.5. The topological polar surface area (TPSA) is 58.6 Å². The Balaban J connectivity index is 1.44. The molecular formula is C29H23ClN2O3. The summed E-state index contributed by atoms with van der Waals surface area (Å²) in [7, 11) is 0. The maximum absolute atomic E-state index is 13.5. The van der Waals surface area contributed by atoms with Crippen LogP contribution in [0.15, 0.2) is 103 Å². The third-order valence-electron chi connectivity index (χ3n) is 5.95. The van der Waals surface area contributed by atoms with Gasteiger partial charge in [-0.2, -0.15) is 0 Å². The second-order valence-corrected chi connectivity index (χ2v) is 8.76. The lowest BCUT2D eigenvalue weighted by Crippen LogP contribution is -2.38. The van der Waals surface area contributed by atoms with Crippen molar-refractivity contribution >= 4 is 34.8 Å². The minimum Gasteiger partial charge on any atom is -0.482 e. The number of carbonyl (C=O) groups is 2. The summed E-state index contributed by atoms with van der Waals surface area (Å²) in [6.45, 7) is 0.344. The molecule has 4 aromatic carbocycles. The molecule has 5 nitrogen and oxygen atoms in total. The standard InChI is InChI=1S/C29H23ClN2O3/c30-23-13-11-20(12-14-23)18-32-25-17-24(15-16-26(25)35-19-27(32)33)31-29(34)28(21-7-3-1-4-8-21)22-9-5-2-6-10-22/h1-17,28H,18-19H2,(H,31,34). The molecule has 0 atom stereocenters. The van der Waals surface area contributed by atoms with Crippen LogP contribution in [0.25, 0.3) is 0 Å². The average molecular weight is 483 g/mol. The third kappa shape index (κ3) is 5.05. The van der Waals surface area contributed by atoms with Crippen LogP contribution in [-0.2, 0) is 16.1 Å². The van der Waals surface area contributed by atoms with Gasteiger partial charge in [0.2, 0.25) is 5.91 Å². The van der Waals surface area contributed by atoms with E-state index in [1.807, 2.05) is 72.8 Å². The number of anilines is 2. The van der Waals surface area contributed by atoms with Gasteiger partial charge in [-0.3, -0.25) is 9.59 Å². The lowest BCUT2D eigenvalue weighted by atomic mass is 9.90. The molecule has 0 fully saturated rings. The van der Waals surface area contributed by atoms with Gasteiger partial charge in [0.1, 0.15) is 5.75 Å². The van der Waals surface area contributed by atoms with Crippen LogP contribution in [0.5, 0.6) is 5.75 Å². The number of halogens is 1. The van der Waals surface area contributed by atoms with Gasteiger partial charge in [-0.1, -0.05) is 84.4 Å². The minimum atomic E-state index is -0.475. The van der Waals surface area contributed by atoms with Crippen LogP contribution in [0.4, 0.5) is 11.4 Å². The van der Waals surface area contributed by atoms with E-state index in [0.717, 1.165) is 16.7 Å². The lowest BCUT2D eigenvalue weighted by Gasteiger charge is -2.30. The number of nitrogens with zero attached hydrogens (tertiary/aromatic N) is 1. The number of ether oxygens (including phenoxy) is 1. The van der Waals surface area contributed by atoms with Crippen molar-refractivity contribution in [2.24, 2.45) is 0 Å². The Labute approximate surface area is 208 Å². The van der Waals surface area contributed by atoms with E-state index in [2.05, 4.69) is 5.32 Å². The molecule has 174 valence electrons. The van der Waals surface area contributed by atoms with Crippen molar-refractivity contribution in [3.63, 3.8) is 0 Å². The zero-order chi connectivity index (χ0) is 24.2. The predicted octanol–water partition coefficient (Wildman–Crippen LogP) is 6.04. The lowest BCUT2D eigenvalue weighted by molar-refractivity contribution is -0.121. The molecular weight excluding hydrogens is 460 g/mol. The Kier molecular flexibility index (Phi) is 6.51. The Bertz CT molecular complexity index is 1300. The van der Waals surface area contributed by atoms with E-state index < -0.39 is 5.92 Å². The van der Waals surface area contributed by atoms with Gasteiger partial charge >= 0.3 is 0 Å². The van der Waals surface area contributed by atoms with Crippen molar-refractivity contribution in [1.82, 2.24) is 0 Å². The first-order valence-electron chi connectivity index (χ1n) is 11.3. The zero-order valence-corrected chi connectivity index (χ0v) is 19.6. The van der Waals surface area contributed by atoms with E-state index in [4.69, 9.17) is 16.3 Å². The first-order chi connectivity index (χ1) is 17.1. The molecule has 4 aromatic rings. The quantitative estimate of drug-likeness (QED) is 0.364. The van der Waals surface area contributed by atoms with Crippen LogP contribution in [0.3, 0.4) is 0 Å². The van der Waals surface area contributed by atoms with Gasteiger partial charge < -0.3 is 15.0 Å². The number of carbonyl (C=O) groups excluding carboxylic acids is 2. The molecule has 0 aliphatic carbocycles. The van der Waals surface area contributed by atoms with Gasteiger partial charge in [0.05, 0.1) is 18.2 Å². The molecule has 2 amide bonds. The molecule has 5 rings (SSSR count). The second kappa shape index (κ2) is 10.0. The van der Waals surface area contributed by atoms with Gasteiger partial charge in [0, 0.05) is 10.7 Å². The van der Waals surface area contributed by atoms with Crippen LogP contribution >= 0.6 is 11.6 Å². The number of benzene rings is 4. The summed E-state index contributed by atoms with van der Waals surface area (Å²) in [4.78, 5) is 27.9. The van der Waals surface area contributed by atoms with Crippen molar-refractivity contribution in [2.75, 3.05) is 16.8 Å². The molecule has 0 bridgehead atoms. The monoisotopic (exact) mass is 482 g/mol. The van der Waals surface area contributed by atoms with Gasteiger partial charge in [-0.15, -0.1) is 0 Å². The van der Waals surface area contributed by atoms with E-state index in [1.165, 1.54) is 0 Å². The summed E-state index contributed by atoms with van der Waals surface area (Å²) in [6.07, 6.45) is 0. The van der Waals surface area contributed by atoms with Gasteiger partial charge in [0.15, 0.2) is 6.61 Å². The Morgan fingerprint density at radius 2 is 1.51 bits per heavy atom. The zero-order valence-electron chi connectivity index (χ0n) is 18.9. The number of hydrogen-bond acceptors (Lipinski definition) is 3. The maximum Gasteiger partial charge on any atom is 0.265 e. The molecule has 1 aliphatic heterocycles. The van der Waals surface area contributed by atoms with E-state index >= 15 is 0 Å². The number of hydrogen-bond donors (Lipinski definition) is 1. The van der Waals surface area contributed by atoms with E-state index in [9.17, 15) is 9.59 Å². The van der Waals surface area contributed by atoms with Gasteiger partial charge in [-0.25, -0.2) is 0 Å². The normalized spacial score (nSPS) is 12.7. The summed E-state index contributed by atoms with van der Waals surface area (Å²) in [5, 5.41) is 3.68. The fourth-order valence-electron chi connectivity index (χ4n) is 4.23. The average Bonchev–Trinajstić information content (AvgIpc) is 2.88. The first kappa shape index (κ1) is 22.7. The SMILES string of the molecule is O=C(Nc1ccc2c(c1)N(Cc1ccc(Cl)cc1)C(=O)CO2)C(c1ccccc1)c1ccccc1. The second-order valence-electron chi connectivity index (χ2n) is 8.32. The van der Waals surface area contributed by atoms with Crippen LogP contribution < -0.4 is 15.0 Å². The largest absolute Gasteiger partial charge is 0.482 e. The molecule has 35 heavy (non-hydrogen) atoms. The van der Waals surface area contributed by atoms with Crippen LogP contribution in [-0.4, -0.2) is 18.4 Å². The van der Waals surface area contributed by atoms with Crippen molar-refractivity contribution in [3.05, 3.63) is 125 Å². The smallest absolute Gasteiger partial charge is 0.265 e. The molecule has 0 unspecified atom stereocenters. The van der Waals surface area contributed by atoms with Crippen LogP contribution in [0.2, 0.25) is 5.02 Å². The predicted molar refractivity (Wildman–Crippen MR) is 138 cm³/mol. The highest BCUT2D eigenvalue weighted by Gasteiger charge is 2.27. The Morgan fingerprint density at radius 1 is 0.886 bits per heavy atom. The Hall–Kier alpha value is -4.09. The van der Waals surface area contributed by atoms with Crippen molar-refractivity contribution < 1.29 is 14.3 Å². The molecule has 0 spiro atoms. The Morgan fingerprint density at radius 3 is 2.14 bits per heavy atom. The number of rotatable bonds is 6. The van der Waals surface area contributed by atoms with Crippen molar-refractivity contribution in [3.8, 4) is 5.75 Å². The minimum absolute atomic E-state index is 0.0314. The highest BCUT2D eigenvalue weighted by Crippen LogP contribution is 2.36. The fourth-order valence-corrected chi connectivity index (χ4v) is 4.35. The van der Waals surface area contributed by atoms with Crippen molar-refractivity contribution in [1.29, 1.82) is 0 Å². The summed E-state index contributed by atoms with van der Waals surface area (Å²) in [5.41, 5.74) is 3.95. The van der Waals surface area contributed by atoms with Gasteiger partial charge in [0.25, 0.3) is 5.91 Å². The molecule has 6 heteroatoms. The third-order valence-corrected chi connectivity index (χ3v) is 6.20. The van der Waals surface area contributed by atoms with E-state index in [1.54, 1.807) is 35.2 Å². The molecule has 0 aromatic heterocycles. The number of nitrogens with one attached hydrogen (secondary N) is 1. The van der Waals surface area contributed by atoms with E-state index in [-0.39, 0.29) is 18.4 Å². The molecule has 1 N–H and O–H groups in total. The molecule has 0 saturated carbocycles. The summed E-state index contributed by atoms with van der Waals surface area (Å²) < 4.78 is 5.64. The molecule has 1 aliphatic rings. The summed E-state index contributed by atoms with van der Waals surface area (Å²) in [6, 6.07) is 32.1. The van der Waals surface area contributed by atoms with Crippen LogP contribution in [0, 0.1) is 0 Å². The number of fused-ring (bicyclic) bond motifs is 1. The summed E-state index contributed by atoms with van der Waals surface area (Å²) in [5.74, 6) is -0.187. The van der Waals surface area contributed by atoms with Crippen LogP contribution in [0.1, 0.15) is 22.6 Å². The fraction of sp³-hybridized carbons (Fsp3) is 0.103. The number of amides is 2. The summed E-state index contributed by atoms with van der Waals surface area (Å²) >= 11 is 6.01. The van der Waals surface area contributed by atoms with Crippen molar-refractivity contribution in [2.45, 2.75) is 12.5 Å². The highest BCUT2D eigenvalue weighted by molar-refractivity contribution is 6.30. The first-order valence-corrected chi connectivity index (χ1v) is 11.7. The molecule has 0 saturated heterocycles.